The lowest BCUT2D eigenvalue weighted by Gasteiger charge is -2.19. The highest BCUT2D eigenvalue weighted by atomic mass is 127. The molecule has 0 atom stereocenters. The van der Waals surface area contributed by atoms with Crippen LogP contribution < -0.4 is 10.6 Å². The fourth-order valence-corrected chi connectivity index (χ4v) is 1.92. The Morgan fingerprint density at radius 1 is 1.32 bits per heavy atom. The Hall–Kier alpha value is -1.01. The predicted molar refractivity (Wildman–Crippen MR) is 101 cm³/mol. The molecule has 146 valence electrons. The molecule has 2 N–H and O–H groups in total. The van der Waals surface area contributed by atoms with Gasteiger partial charge in [-0.05, 0) is 25.6 Å². The SMILES string of the molecule is CN=C(NCCCOCc1ccco1)NCCN(C)CC(F)(F)F.I. The number of rotatable bonds is 10. The van der Waals surface area contributed by atoms with Crippen LogP contribution in [0.5, 0.6) is 0 Å². The van der Waals surface area contributed by atoms with E-state index in [0.29, 0.717) is 32.3 Å². The minimum Gasteiger partial charge on any atom is -0.467 e. The summed E-state index contributed by atoms with van der Waals surface area (Å²) in [6.07, 6.45) is -1.80. The van der Waals surface area contributed by atoms with Crippen LogP contribution in [0.25, 0.3) is 0 Å². The molecule has 1 aromatic rings. The Bertz CT molecular complexity index is 470. The Morgan fingerprint density at radius 2 is 2.04 bits per heavy atom. The molecule has 25 heavy (non-hydrogen) atoms. The van der Waals surface area contributed by atoms with Gasteiger partial charge in [0.2, 0.25) is 0 Å². The van der Waals surface area contributed by atoms with Crippen molar-refractivity contribution in [2.45, 2.75) is 19.2 Å². The summed E-state index contributed by atoms with van der Waals surface area (Å²) in [6.45, 7) is 1.38. The van der Waals surface area contributed by atoms with Gasteiger partial charge in [0.05, 0.1) is 12.8 Å². The zero-order valence-corrected chi connectivity index (χ0v) is 16.8. The molecule has 1 heterocycles. The maximum atomic E-state index is 12.2. The minimum atomic E-state index is -4.18. The van der Waals surface area contributed by atoms with E-state index in [4.69, 9.17) is 9.15 Å². The molecule has 0 bridgehead atoms. The summed E-state index contributed by atoms with van der Waals surface area (Å²) in [5, 5.41) is 6.05. The molecule has 0 saturated heterocycles. The number of ether oxygens (including phenoxy) is 1. The number of aliphatic imine (C=N–C) groups is 1. The molecule has 6 nitrogen and oxygen atoms in total. The lowest BCUT2D eigenvalue weighted by atomic mass is 10.4. The van der Waals surface area contributed by atoms with E-state index in [0.717, 1.165) is 12.2 Å². The van der Waals surface area contributed by atoms with Crippen molar-refractivity contribution in [2.24, 2.45) is 4.99 Å². The van der Waals surface area contributed by atoms with Crippen LogP contribution >= 0.6 is 24.0 Å². The highest BCUT2D eigenvalue weighted by molar-refractivity contribution is 14.0. The van der Waals surface area contributed by atoms with Crippen molar-refractivity contribution >= 4 is 29.9 Å². The molecule has 0 amide bonds. The molecule has 0 aliphatic carbocycles. The number of nitrogens with zero attached hydrogens (tertiary/aromatic N) is 2. The van der Waals surface area contributed by atoms with Crippen molar-refractivity contribution in [3.8, 4) is 0 Å². The largest absolute Gasteiger partial charge is 0.467 e. The van der Waals surface area contributed by atoms with Crippen LogP contribution in [0.2, 0.25) is 0 Å². The highest BCUT2D eigenvalue weighted by Gasteiger charge is 2.28. The number of guanidine groups is 1. The van der Waals surface area contributed by atoms with Crippen LogP contribution in [0.1, 0.15) is 12.2 Å². The van der Waals surface area contributed by atoms with Gasteiger partial charge in [0, 0.05) is 33.3 Å². The molecule has 1 aromatic heterocycles. The summed E-state index contributed by atoms with van der Waals surface area (Å²) < 4.78 is 47.2. The Labute approximate surface area is 163 Å². The first kappa shape index (κ1) is 24.0. The molecule has 0 saturated carbocycles. The van der Waals surface area contributed by atoms with Crippen molar-refractivity contribution in [1.29, 1.82) is 0 Å². The molecular formula is C15H26F3IN4O2. The number of furan rings is 1. The van der Waals surface area contributed by atoms with Gasteiger partial charge in [-0.15, -0.1) is 24.0 Å². The molecule has 0 aromatic carbocycles. The quantitative estimate of drug-likeness (QED) is 0.234. The zero-order chi connectivity index (χ0) is 17.8. The van der Waals surface area contributed by atoms with Crippen LogP contribution in [-0.4, -0.2) is 63.9 Å². The fourth-order valence-electron chi connectivity index (χ4n) is 1.92. The van der Waals surface area contributed by atoms with Gasteiger partial charge < -0.3 is 19.8 Å². The van der Waals surface area contributed by atoms with E-state index in [1.165, 1.54) is 11.9 Å². The van der Waals surface area contributed by atoms with Gasteiger partial charge in [0.25, 0.3) is 0 Å². The molecule has 1 rings (SSSR count). The van der Waals surface area contributed by atoms with E-state index in [1.807, 2.05) is 12.1 Å². The maximum absolute atomic E-state index is 12.2. The van der Waals surface area contributed by atoms with E-state index < -0.39 is 12.7 Å². The topological polar surface area (TPSA) is 62.0 Å². The monoisotopic (exact) mass is 478 g/mol. The van der Waals surface area contributed by atoms with Crippen molar-refractivity contribution in [3.63, 3.8) is 0 Å². The van der Waals surface area contributed by atoms with E-state index in [-0.39, 0.29) is 30.5 Å². The van der Waals surface area contributed by atoms with Gasteiger partial charge in [-0.25, -0.2) is 0 Å². The second-order valence-corrected chi connectivity index (χ2v) is 5.26. The Kier molecular flexibility index (Phi) is 12.7. The lowest BCUT2D eigenvalue weighted by molar-refractivity contribution is -0.142. The number of alkyl halides is 3. The van der Waals surface area contributed by atoms with E-state index >= 15 is 0 Å². The van der Waals surface area contributed by atoms with E-state index in [2.05, 4.69) is 15.6 Å². The first-order chi connectivity index (χ1) is 11.4. The van der Waals surface area contributed by atoms with Gasteiger partial charge in [0.1, 0.15) is 12.4 Å². The molecule has 0 radical (unpaired) electrons. The second-order valence-electron chi connectivity index (χ2n) is 5.26. The van der Waals surface area contributed by atoms with Crippen LogP contribution in [0, 0.1) is 0 Å². The van der Waals surface area contributed by atoms with Gasteiger partial charge in [-0.2, -0.15) is 13.2 Å². The fraction of sp³-hybridized carbons (Fsp3) is 0.667. The number of halogens is 4. The van der Waals surface area contributed by atoms with Crippen molar-refractivity contribution in [3.05, 3.63) is 24.2 Å². The summed E-state index contributed by atoms with van der Waals surface area (Å²) >= 11 is 0. The summed E-state index contributed by atoms with van der Waals surface area (Å²) in [6, 6.07) is 3.65. The second kappa shape index (κ2) is 13.2. The third-order valence-electron chi connectivity index (χ3n) is 3.04. The predicted octanol–water partition coefficient (Wildman–Crippen LogP) is 2.46. The Balaban J connectivity index is 0.00000576. The van der Waals surface area contributed by atoms with Crippen molar-refractivity contribution < 1.29 is 22.3 Å². The van der Waals surface area contributed by atoms with Crippen LogP contribution in [0.4, 0.5) is 13.2 Å². The smallest absolute Gasteiger partial charge is 0.401 e. The first-order valence-electron chi connectivity index (χ1n) is 7.70. The van der Waals surface area contributed by atoms with Gasteiger partial charge in [-0.1, -0.05) is 0 Å². The number of likely N-dealkylation sites (N-methyl/N-ethyl adjacent to an activating group) is 1. The normalized spacial score (nSPS) is 12.2. The summed E-state index contributed by atoms with van der Waals surface area (Å²) in [5.74, 6) is 1.34. The van der Waals surface area contributed by atoms with Gasteiger partial charge >= 0.3 is 6.18 Å². The average Bonchev–Trinajstić information content (AvgIpc) is 3.00. The molecule has 10 heteroatoms. The average molecular weight is 478 g/mol. The summed E-state index contributed by atoms with van der Waals surface area (Å²) in [7, 11) is 3.05. The zero-order valence-electron chi connectivity index (χ0n) is 14.4. The Morgan fingerprint density at radius 3 is 2.64 bits per heavy atom. The van der Waals surface area contributed by atoms with Gasteiger partial charge in [-0.3, -0.25) is 9.89 Å². The number of hydrogen-bond donors (Lipinski definition) is 2. The summed E-state index contributed by atoms with van der Waals surface area (Å²) in [4.78, 5) is 5.23. The number of nitrogens with one attached hydrogen (secondary N) is 2. The van der Waals surface area contributed by atoms with Crippen molar-refractivity contribution in [2.75, 3.05) is 46.9 Å². The van der Waals surface area contributed by atoms with E-state index in [1.54, 1.807) is 13.3 Å². The summed E-state index contributed by atoms with van der Waals surface area (Å²) in [5.41, 5.74) is 0. The van der Waals surface area contributed by atoms with Gasteiger partial charge in [0.15, 0.2) is 5.96 Å². The lowest BCUT2D eigenvalue weighted by Crippen LogP contribution is -2.42. The third kappa shape index (κ3) is 12.9. The molecule has 0 unspecified atom stereocenters. The minimum absolute atomic E-state index is 0. The van der Waals surface area contributed by atoms with Crippen molar-refractivity contribution in [1.82, 2.24) is 15.5 Å². The molecule has 0 fully saturated rings. The highest BCUT2D eigenvalue weighted by Crippen LogP contribution is 2.14. The standard InChI is InChI=1S/C15H25F3N4O2.HI/c1-19-14(21-7-8-22(2)12-15(16,17)18)20-6-4-9-23-11-13-5-3-10-24-13;/h3,5,10H,4,6-9,11-12H2,1-2H3,(H2,19,20,21);1H. The van der Waals surface area contributed by atoms with Crippen LogP contribution in [-0.2, 0) is 11.3 Å². The van der Waals surface area contributed by atoms with Crippen LogP contribution in [0.3, 0.4) is 0 Å². The maximum Gasteiger partial charge on any atom is 0.401 e. The molecule has 0 spiro atoms. The molecule has 0 aliphatic rings. The van der Waals surface area contributed by atoms with E-state index in [9.17, 15) is 13.2 Å². The third-order valence-corrected chi connectivity index (χ3v) is 3.04. The van der Waals surface area contributed by atoms with Crippen LogP contribution in [0.15, 0.2) is 27.8 Å². The number of hydrogen-bond acceptors (Lipinski definition) is 4. The first-order valence-corrected chi connectivity index (χ1v) is 7.70. The molecule has 0 aliphatic heterocycles. The molecular weight excluding hydrogens is 452 g/mol.